The van der Waals surface area contributed by atoms with Crippen LogP contribution in [0.15, 0.2) is 60.8 Å². The van der Waals surface area contributed by atoms with Crippen LogP contribution in [0.25, 0.3) is 0 Å². The molecule has 2 N–H and O–H groups in total. The first kappa shape index (κ1) is 84.2. The topological polar surface area (TPSA) is 108 Å². The van der Waals surface area contributed by atoms with Crippen molar-refractivity contribution >= 4 is 13.7 Å². The minimum absolute atomic E-state index is 0.00927. The Morgan fingerprint density at radius 3 is 1.01 bits per heavy atom. The van der Waals surface area contributed by atoms with Gasteiger partial charge in [0.15, 0.2) is 0 Å². The molecule has 1 amide bonds. The van der Waals surface area contributed by atoms with E-state index in [9.17, 15) is 19.4 Å². The SMILES string of the molecule is CCCCCCCCCCCCCCCCC/C=C\C/C=C\CCCCCCCCCCCCCCCCCCCC(=O)NC(COP(=O)([O-])OCC[N+](C)(C)C)C(O)/C=C/CC/C=C/CC/C=C/CCCCCCCCCCCCCCCCC. The van der Waals surface area contributed by atoms with Gasteiger partial charge in [-0.05, 0) is 77.0 Å². The number of phosphoric acid groups is 1. The Hall–Kier alpha value is -1.80. The average Bonchev–Trinajstić information content (AvgIpc) is 3.70. The molecule has 0 aliphatic carbocycles. The van der Waals surface area contributed by atoms with E-state index in [1.807, 2.05) is 27.2 Å². The lowest BCUT2D eigenvalue weighted by Crippen LogP contribution is -2.45. The third-order valence-corrected chi connectivity index (χ3v) is 18.1. The fraction of sp³-hybridized carbons (Fsp3) is 0.857. The number of phosphoric ester groups is 1. The smallest absolute Gasteiger partial charge is 0.268 e. The number of nitrogens with one attached hydrogen (secondary N) is 1. The summed E-state index contributed by atoms with van der Waals surface area (Å²) in [6.45, 7) is 4.67. The number of likely N-dealkylation sites (N-methyl/N-ethyl adjacent to an activating group) is 1. The van der Waals surface area contributed by atoms with Crippen molar-refractivity contribution in [1.29, 1.82) is 0 Å². The Balaban J connectivity index is 4.02. The highest BCUT2D eigenvalue weighted by Crippen LogP contribution is 2.38. The van der Waals surface area contributed by atoms with Crippen LogP contribution in [0.2, 0.25) is 0 Å². The van der Waals surface area contributed by atoms with E-state index in [0.29, 0.717) is 17.4 Å². The number of nitrogens with zero attached hydrogens (tertiary/aromatic N) is 1. The van der Waals surface area contributed by atoms with Gasteiger partial charge in [0, 0.05) is 6.42 Å². The minimum Gasteiger partial charge on any atom is -0.756 e. The number of aliphatic hydroxyl groups is 1. The average molecular weight is 1230 g/mol. The molecule has 0 radical (unpaired) electrons. The molecule has 0 rings (SSSR count). The van der Waals surface area contributed by atoms with Gasteiger partial charge < -0.3 is 28.8 Å². The molecule has 506 valence electrons. The molecule has 0 aliphatic heterocycles. The van der Waals surface area contributed by atoms with Crippen LogP contribution in [0.1, 0.15) is 373 Å². The van der Waals surface area contributed by atoms with Crippen molar-refractivity contribution in [3.8, 4) is 0 Å². The summed E-state index contributed by atoms with van der Waals surface area (Å²) in [4.78, 5) is 25.6. The lowest BCUT2D eigenvalue weighted by Gasteiger charge is -2.29. The Morgan fingerprint density at radius 2 is 0.686 bits per heavy atom. The van der Waals surface area contributed by atoms with E-state index in [0.717, 1.165) is 51.4 Å². The summed E-state index contributed by atoms with van der Waals surface area (Å²) in [6, 6.07) is -0.913. The fourth-order valence-corrected chi connectivity index (χ4v) is 12.1. The zero-order chi connectivity index (χ0) is 62.6. The lowest BCUT2D eigenvalue weighted by molar-refractivity contribution is -0.870. The molecule has 0 spiro atoms. The molecule has 0 fully saturated rings. The predicted molar refractivity (Wildman–Crippen MR) is 376 cm³/mol. The maximum absolute atomic E-state index is 13.0. The van der Waals surface area contributed by atoms with Crippen LogP contribution in [0, 0.1) is 0 Å². The van der Waals surface area contributed by atoms with E-state index in [2.05, 4.69) is 67.8 Å². The first-order chi connectivity index (χ1) is 42.0. The van der Waals surface area contributed by atoms with Crippen molar-refractivity contribution in [2.75, 3.05) is 40.9 Å². The van der Waals surface area contributed by atoms with Crippen molar-refractivity contribution in [3.05, 3.63) is 60.8 Å². The summed E-state index contributed by atoms with van der Waals surface area (Å²) in [6.07, 6.45) is 93.8. The van der Waals surface area contributed by atoms with Gasteiger partial charge >= 0.3 is 0 Å². The van der Waals surface area contributed by atoms with Gasteiger partial charge in [-0.3, -0.25) is 9.36 Å². The van der Waals surface area contributed by atoms with Gasteiger partial charge in [0.25, 0.3) is 7.82 Å². The van der Waals surface area contributed by atoms with Crippen molar-refractivity contribution in [1.82, 2.24) is 5.32 Å². The second-order valence-electron chi connectivity index (χ2n) is 27.0. The number of quaternary nitrogens is 1. The van der Waals surface area contributed by atoms with Crippen LogP contribution >= 0.6 is 7.82 Å². The van der Waals surface area contributed by atoms with Crippen LogP contribution in [-0.2, 0) is 18.4 Å². The molecule has 0 saturated heterocycles. The van der Waals surface area contributed by atoms with Crippen molar-refractivity contribution in [2.24, 2.45) is 0 Å². The number of unbranched alkanes of at least 4 members (excludes halogenated alkanes) is 49. The molecule has 0 bridgehead atoms. The number of carbonyl (C=O) groups is 1. The molecule has 0 heterocycles. The van der Waals surface area contributed by atoms with E-state index in [4.69, 9.17) is 9.05 Å². The molecule has 0 aromatic carbocycles. The summed E-state index contributed by atoms with van der Waals surface area (Å²) in [7, 11) is 1.24. The van der Waals surface area contributed by atoms with Gasteiger partial charge in [-0.15, -0.1) is 0 Å². The molecule has 3 unspecified atom stereocenters. The Kier molecular flexibility index (Phi) is 66.2. The first-order valence-corrected chi connectivity index (χ1v) is 39.1. The number of allylic oxidation sites excluding steroid dienone is 9. The maximum Gasteiger partial charge on any atom is 0.268 e. The van der Waals surface area contributed by atoms with E-state index in [-0.39, 0.29) is 12.5 Å². The van der Waals surface area contributed by atoms with Crippen molar-refractivity contribution in [2.45, 2.75) is 386 Å². The quantitative estimate of drug-likeness (QED) is 0.0272. The summed E-state index contributed by atoms with van der Waals surface area (Å²) in [5.41, 5.74) is 0. The van der Waals surface area contributed by atoms with Gasteiger partial charge in [-0.25, -0.2) is 0 Å². The molecule has 0 saturated carbocycles. The molecular formula is C77H147N2O6P. The fourth-order valence-electron chi connectivity index (χ4n) is 11.3. The molecule has 3 atom stereocenters. The van der Waals surface area contributed by atoms with E-state index < -0.39 is 26.6 Å². The maximum atomic E-state index is 13.0. The number of carbonyl (C=O) groups excluding carboxylic acids is 1. The third-order valence-electron chi connectivity index (χ3n) is 17.2. The number of rotatable bonds is 70. The number of hydrogen-bond acceptors (Lipinski definition) is 6. The molecule has 8 nitrogen and oxygen atoms in total. The largest absolute Gasteiger partial charge is 0.756 e. The van der Waals surface area contributed by atoms with Crippen LogP contribution in [0.3, 0.4) is 0 Å². The van der Waals surface area contributed by atoms with Gasteiger partial charge in [0.2, 0.25) is 5.91 Å². The highest BCUT2D eigenvalue weighted by molar-refractivity contribution is 7.45. The number of aliphatic hydroxyl groups excluding tert-OH is 1. The lowest BCUT2D eigenvalue weighted by atomic mass is 10.0. The molecular weight excluding hydrogens is 1080 g/mol. The van der Waals surface area contributed by atoms with Crippen LogP contribution in [-0.4, -0.2) is 68.5 Å². The second-order valence-corrected chi connectivity index (χ2v) is 28.4. The van der Waals surface area contributed by atoms with Gasteiger partial charge in [0.05, 0.1) is 39.9 Å². The summed E-state index contributed by atoms with van der Waals surface area (Å²) in [5.74, 6) is -0.207. The highest BCUT2D eigenvalue weighted by atomic mass is 31.2. The van der Waals surface area contributed by atoms with E-state index in [1.165, 1.54) is 302 Å². The first-order valence-electron chi connectivity index (χ1n) is 37.7. The monoisotopic (exact) mass is 1230 g/mol. The van der Waals surface area contributed by atoms with E-state index in [1.54, 1.807) is 6.08 Å². The standard InChI is InChI=1S/C77H147N2O6P/c1-6-8-10-12-14-16-18-20-22-24-26-28-30-32-33-34-35-36-37-38-39-40-41-42-43-44-45-47-49-51-53-55-57-59-61-63-65-67-69-71-77(81)78-75(74-85-86(82,83)84-73-72-79(3,4)5)76(80)70-68-66-64-62-60-58-56-54-52-50-48-46-31-29-27-25-23-21-19-17-15-13-11-9-7-2/h35-36,38-39,52,54,60,62,68,70,75-76,80H,6-34,37,40-51,53,55-59,61,63-67,69,71-74H2,1-5H3,(H-,78,81,82,83)/b36-35-,39-38-,54-52+,62-60+,70-68+. The van der Waals surface area contributed by atoms with Gasteiger partial charge in [-0.2, -0.15) is 0 Å². The second kappa shape index (κ2) is 67.6. The minimum atomic E-state index is -4.62. The van der Waals surface area contributed by atoms with Gasteiger partial charge in [-0.1, -0.05) is 351 Å². The molecule has 0 aliphatic rings. The molecule has 0 aromatic heterocycles. The van der Waals surface area contributed by atoms with Crippen molar-refractivity contribution in [3.63, 3.8) is 0 Å². The molecule has 86 heavy (non-hydrogen) atoms. The number of amides is 1. The molecule has 0 aromatic rings. The van der Waals surface area contributed by atoms with Crippen LogP contribution < -0.4 is 10.2 Å². The normalized spacial score (nSPS) is 13.9. The Bertz CT molecular complexity index is 1590. The Labute approximate surface area is 536 Å². The third kappa shape index (κ3) is 69.7. The van der Waals surface area contributed by atoms with E-state index >= 15 is 0 Å². The zero-order valence-electron chi connectivity index (χ0n) is 58.0. The number of hydrogen-bond donors (Lipinski definition) is 2. The summed E-state index contributed by atoms with van der Waals surface area (Å²) in [5, 5.41) is 13.9. The summed E-state index contributed by atoms with van der Waals surface area (Å²) < 4.78 is 23.4. The summed E-state index contributed by atoms with van der Waals surface area (Å²) >= 11 is 0. The van der Waals surface area contributed by atoms with Crippen LogP contribution in [0.4, 0.5) is 0 Å². The zero-order valence-corrected chi connectivity index (χ0v) is 58.9. The van der Waals surface area contributed by atoms with Gasteiger partial charge in [0.1, 0.15) is 13.2 Å². The predicted octanol–water partition coefficient (Wildman–Crippen LogP) is 23.7. The van der Waals surface area contributed by atoms with Crippen molar-refractivity contribution < 1.29 is 32.9 Å². The Morgan fingerprint density at radius 1 is 0.407 bits per heavy atom. The highest BCUT2D eigenvalue weighted by Gasteiger charge is 2.23. The van der Waals surface area contributed by atoms with Crippen LogP contribution in [0.5, 0.6) is 0 Å². The molecule has 9 heteroatoms.